The van der Waals surface area contributed by atoms with E-state index in [1.807, 2.05) is 0 Å². The standard InChI is InChI=1S/C9H16N2OS/c1-3-5-7-8(6-10-4-2)13-9(12)11-7/h10H,3-6H2,1-2H3,(H,11,12). The number of aryl methyl sites for hydroxylation is 1. The van der Waals surface area contributed by atoms with Gasteiger partial charge in [0.1, 0.15) is 0 Å². The largest absolute Gasteiger partial charge is 0.316 e. The molecule has 0 aliphatic rings. The molecule has 0 aliphatic carbocycles. The van der Waals surface area contributed by atoms with Crippen molar-refractivity contribution in [3.8, 4) is 0 Å². The maximum absolute atomic E-state index is 11.1. The number of hydrogen-bond acceptors (Lipinski definition) is 3. The van der Waals surface area contributed by atoms with Crippen LogP contribution in [0.3, 0.4) is 0 Å². The molecule has 0 unspecified atom stereocenters. The predicted octanol–water partition coefficient (Wildman–Crippen LogP) is 1.50. The minimum Gasteiger partial charge on any atom is -0.316 e. The van der Waals surface area contributed by atoms with Gasteiger partial charge in [-0.2, -0.15) is 0 Å². The van der Waals surface area contributed by atoms with Crippen LogP contribution in [0.4, 0.5) is 0 Å². The van der Waals surface area contributed by atoms with E-state index >= 15 is 0 Å². The first-order chi connectivity index (χ1) is 6.27. The molecule has 3 nitrogen and oxygen atoms in total. The van der Waals surface area contributed by atoms with Crippen LogP contribution in [0, 0.1) is 0 Å². The second kappa shape index (κ2) is 5.19. The molecule has 13 heavy (non-hydrogen) atoms. The van der Waals surface area contributed by atoms with Crippen molar-refractivity contribution >= 4 is 11.3 Å². The van der Waals surface area contributed by atoms with Crippen LogP contribution >= 0.6 is 11.3 Å². The molecule has 2 N–H and O–H groups in total. The fourth-order valence-electron chi connectivity index (χ4n) is 1.23. The summed E-state index contributed by atoms with van der Waals surface area (Å²) in [5.41, 5.74) is 1.11. The van der Waals surface area contributed by atoms with Gasteiger partial charge in [0.2, 0.25) is 0 Å². The Morgan fingerprint density at radius 3 is 2.85 bits per heavy atom. The summed E-state index contributed by atoms with van der Waals surface area (Å²) in [5, 5.41) is 3.23. The monoisotopic (exact) mass is 200 g/mol. The van der Waals surface area contributed by atoms with Crippen LogP contribution in [-0.2, 0) is 13.0 Å². The fraction of sp³-hybridized carbons (Fsp3) is 0.667. The number of H-pyrrole nitrogens is 1. The average Bonchev–Trinajstić information content (AvgIpc) is 2.44. The molecule has 0 amide bonds. The van der Waals surface area contributed by atoms with E-state index in [1.54, 1.807) is 0 Å². The van der Waals surface area contributed by atoms with Gasteiger partial charge in [0.05, 0.1) is 0 Å². The van der Waals surface area contributed by atoms with Gasteiger partial charge >= 0.3 is 4.87 Å². The maximum Gasteiger partial charge on any atom is 0.304 e. The lowest BCUT2D eigenvalue weighted by Crippen LogP contribution is -2.11. The molecule has 74 valence electrons. The minimum absolute atomic E-state index is 0.0661. The number of hydrogen-bond donors (Lipinski definition) is 2. The van der Waals surface area contributed by atoms with Crippen LogP contribution < -0.4 is 10.2 Å². The summed E-state index contributed by atoms with van der Waals surface area (Å²) in [4.78, 5) is 15.2. The molecule has 1 heterocycles. The van der Waals surface area contributed by atoms with Gasteiger partial charge in [-0.15, -0.1) is 0 Å². The molecular weight excluding hydrogens is 184 g/mol. The Bertz CT molecular complexity index is 303. The average molecular weight is 200 g/mol. The van der Waals surface area contributed by atoms with Crippen LogP contribution in [0.2, 0.25) is 0 Å². The van der Waals surface area contributed by atoms with Crippen molar-refractivity contribution in [2.75, 3.05) is 6.54 Å². The van der Waals surface area contributed by atoms with E-state index in [4.69, 9.17) is 0 Å². The van der Waals surface area contributed by atoms with Gasteiger partial charge in [-0.05, 0) is 13.0 Å². The molecule has 0 bridgehead atoms. The number of aromatic amines is 1. The summed E-state index contributed by atoms with van der Waals surface area (Å²) >= 11 is 1.32. The molecule has 0 saturated heterocycles. The van der Waals surface area contributed by atoms with E-state index in [0.717, 1.165) is 36.5 Å². The van der Waals surface area contributed by atoms with Crippen LogP contribution in [-0.4, -0.2) is 11.5 Å². The lowest BCUT2D eigenvalue weighted by Gasteiger charge is -2.01. The first kappa shape index (κ1) is 10.5. The van der Waals surface area contributed by atoms with Crippen LogP contribution in [0.25, 0.3) is 0 Å². The van der Waals surface area contributed by atoms with E-state index in [-0.39, 0.29) is 4.87 Å². The summed E-state index contributed by atoms with van der Waals surface area (Å²) < 4.78 is 0. The molecule has 1 aromatic rings. The van der Waals surface area contributed by atoms with Gasteiger partial charge in [-0.3, -0.25) is 4.79 Å². The van der Waals surface area contributed by atoms with Gasteiger partial charge in [-0.25, -0.2) is 0 Å². The summed E-state index contributed by atoms with van der Waals surface area (Å²) in [6.07, 6.45) is 2.05. The van der Waals surface area contributed by atoms with Gasteiger partial charge in [0.25, 0.3) is 0 Å². The molecule has 4 heteroatoms. The predicted molar refractivity (Wildman–Crippen MR) is 56.3 cm³/mol. The van der Waals surface area contributed by atoms with Crippen molar-refractivity contribution < 1.29 is 0 Å². The Kier molecular flexibility index (Phi) is 4.18. The zero-order valence-corrected chi connectivity index (χ0v) is 8.96. The Morgan fingerprint density at radius 1 is 1.46 bits per heavy atom. The third kappa shape index (κ3) is 2.97. The molecular formula is C9H16N2OS. The maximum atomic E-state index is 11.1. The van der Waals surface area contributed by atoms with E-state index in [2.05, 4.69) is 24.1 Å². The normalized spacial score (nSPS) is 10.6. The first-order valence-corrected chi connectivity index (χ1v) is 5.51. The first-order valence-electron chi connectivity index (χ1n) is 4.69. The third-order valence-electron chi connectivity index (χ3n) is 1.84. The molecule has 0 saturated carbocycles. The highest BCUT2D eigenvalue weighted by molar-refractivity contribution is 7.09. The minimum atomic E-state index is 0.0661. The highest BCUT2D eigenvalue weighted by Gasteiger charge is 2.05. The molecule has 1 rings (SSSR count). The van der Waals surface area contributed by atoms with E-state index in [0.29, 0.717) is 0 Å². The number of thiazole rings is 1. The van der Waals surface area contributed by atoms with E-state index in [1.165, 1.54) is 11.3 Å². The fourth-order valence-corrected chi connectivity index (χ4v) is 2.07. The third-order valence-corrected chi connectivity index (χ3v) is 2.77. The zero-order chi connectivity index (χ0) is 9.68. The second-order valence-electron chi connectivity index (χ2n) is 2.95. The Balaban J connectivity index is 2.72. The van der Waals surface area contributed by atoms with Gasteiger partial charge < -0.3 is 10.3 Å². The summed E-state index contributed by atoms with van der Waals surface area (Å²) in [5.74, 6) is 0. The molecule has 0 fully saturated rings. The SMILES string of the molecule is CCCc1[nH]c(=O)sc1CNCC. The van der Waals surface area contributed by atoms with Crippen molar-refractivity contribution in [2.24, 2.45) is 0 Å². The second-order valence-corrected chi connectivity index (χ2v) is 4.01. The number of rotatable bonds is 5. The van der Waals surface area contributed by atoms with Crippen LogP contribution in [0.5, 0.6) is 0 Å². The quantitative estimate of drug-likeness (QED) is 0.756. The smallest absolute Gasteiger partial charge is 0.304 e. The Hall–Kier alpha value is -0.610. The van der Waals surface area contributed by atoms with Crippen molar-refractivity contribution in [1.29, 1.82) is 0 Å². The summed E-state index contributed by atoms with van der Waals surface area (Å²) in [7, 11) is 0. The summed E-state index contributed by atoms with van der Waals surface area (Å²) in [6, 6.07) is 0. The molecule has 0 aliphatic heterocycles. The highest BCUT2D eigenvalue weighted by Crippen LogP contribution is 2.10. The number of aromatic nitrogens is 1. The molecule has 0 radical (unpaired) electrons. The van der Waals surface area contributed by atoms with Crippen molar-refractivity contribution in [3.63, 3.8) is 0 Å². The van der Waals surface area contributed by atoms with Crippen molar-refractivity contribution in [1.82, 2.24) is 10.3 Å². The van der Waals surface area contributed by atoms with E-state index in [9.17, 15) is 4.79 Å². The van der Waals surface area contributed by atoms with Crippen LogP contribution in [0.15, 0.2) is 4.79 Å². The molecule has 0 atom stereocenters. The van der Waals surface area contributed by atoms with Crippen molar-refractivity contribution in [2.45, 2.75) is 33.2 Å². The van der Waals surface area contributed by atoms with Crippen LogP contribution in [0.1, 0.15) is 30.8 Å². The van der Waals surface area contributed by atoms with Gasteiger partial charge in [-0.1, -0.05) is 31.6 Å². The summed E-state index contributed by atoms with van der Waals surface area (Å²) in [6.45, 7) is 5.94. The molecule has 0 spiro atoms. The Morgan fingerprint density at radius 2 is 2.23 bits per heavy atom. The van der Waals surface area contributed by atoms with E-state index < -0.39 is 0 Å². The lowest BCUT2D eigenvalue weighted by atomic mass is 10.2. The van der Waals surface area contributed by atoms with Gasteiger partial charge in [0, 0.05) is 17.1 Å². The highest BCUT2D eigenvalue weighted by atomic mass is 32.1. The molecule has 1 aromatic heterocycles. The molecule has 0 aromatic carbocycles. The topological polar surface area (TPSA) is 44.9 Å². The van der Waals surface area contributed by atoms with Gasteiger partial charge in [0.15, 0.2) is 0 Å². The van der Waals surface area contributed by atoms with Crippen molar-refractivity contribution in [3.05, 3.63) is 20.2 Å². The number of nitrogens with one attached hydrogen (secondary N) is 2. The zero-order valence-electron chi connectivity index (χ0n) is 8.14. The lowest BCUT2D eigenvalue weighted by molar-refractivity contribution is 0.723. The Labute approximate surface area is 82.2 Å².